The Kier molecular flexibility index (Phi) is 8.61. The second kappa shape index (κ2) is 11.2. The van der Waals surface area contributed by atoms with Gasteiger partial charge in [0.15, 0.2) is 0 Å². The van der Waals surface area contributed by atoms with E-state index in [1.54, 1.807) is 29.2 Å². The summed E-state index contributed by atoms with van der Waals surface area (Å²) in [6.07, 6.45) is 8.17. The Morgan fingerprint density at radius 2 is 1.83 bits per heavy atom. The Labute approximate surface area is 189 Å². The molecule has 2 aliphatic rings. The summed E-state index contributed by atoms with van der Waals surface area (Å²) in [4.78, 5) is 31.7. The maximum Gasteiger partial charge on any atom is 0.246 e. The van der Waals surface area contributed by atoms with Crippen LogP contribution in [0.4, 0.5) is 0 Å². The van der Waals surface area contributed by atoms with Crippen LogP contribution in [0, 0.1) is 5.92 Å². The second-order valence-corrected chi connectivity index (χ2v) is 9.09. The lowest BCUT2D eigenvalue weighted by atomic mass is 10.1. The van der Waals surface area contributed by atoms with Crippen molar-refractivity contribution in [1.82, 2.24) is 14.7 Å². The van der Waals surface area contributed by atoms with Crippen molar-refractivity contribution in [3.63, 3.8) is 0 Å². The highest BCUT2D eigenvalue weighted by Gasteiger charge is 2.28. The normalized spacial score (nSPS) is 21.3. The van der Waals surface area contributed by atoms with Gasteiger partial charge in [-0.05, 0) is 62.7 Å². The Morgan fingerprint density at radius 3 is 2.57 bits per heavy atom. The Bertz CT molecular complexity index is 778. The fourth-order valence-electron chi connectivity index (χ4n) is 4.14. The molecule has 1 aromatic rings. The van der Waals surface area contributed by atoms with Gasteiger partial charge >= 0.3 is 0 Å². The molecule has 30 heavy (non-hydrogen) atoms. The third-order valence-corrected chi connectivity index (χ3v) is 6.63. The number of amides is 2. The summed E-state index contributed by atoms with van der Waals surface area (Å²) in [5.74, 6) is -0.127. The smallest absolute Gasteiger partial charge is 0.246 e. The maximum atomic E-state index is 12.8. The van der Waals surface area contributed by atoms with E-state index in [0.717, 1.165) is 25.1 Å². The first-order valence-corrected chi connectivity index (χ1v) is 11.6. The van der Waals surface area contributed by atoms with Crippen LogP contribution in [-0.2, 0) is 9.59 Å². The van der Waals surface area contributed by atoms with Crippen LogP contribution >= 0.6 is 23.2 Å². The number of halogens is 2. The van der Waals surface area contributed by atoms with Gasteiger partial charge in [-0.15, -0.1) is 0 Å². The van der Waals surface area contributed by atoms with Gasteiger partial charge in [-0.25, -0.2) is 0 Å². The molecule has 2 heterocycles. The molecule has 7 heteroatoms. The van der Waals surface area contributed by atoms with Crippen molar-refractivity contribution in [2.75, 3.05) is 45.8 Å². The number of carbonyl (C=O) groups excluding carboxylic acids is 2. The highest BCUT2D eigenvalue weighted by molar-refractivity contribution is 6.42. The van der Waals surface area contributed by atoms with Crippen molar-refractivity contribution in [3.05, 3.63) is 39.9 Å². The molecule has 0 aromatic heterocycles. The molecule has 2 amide bonds. The molecule has 1 atom stereocenters. The molecule has 2 aliphatic heterocycles. The van der Waals surface area contributed by atoms with Gasteiger partial charge in [0.1, 0.15) is 0 Å². The molecule has 1 unspecified atom stereocenters. The predicted octanol–water partition coefficient (Wildman–Crippen LogP) is 4.19. The zero-order chi connectivity index (χ0) is 21.5. The van der Waals surface area contributed by atoms with E-state index in [2.05, 4.69) is 4.90 Å². The first kappa shape index (κ1) is 23.1. The summed E-state index contributed by atoms with van der Waals surface area (Å²) in [7, 11) is 0. The third kappa shape index (κ3) is 6.47. The van der Waals surface area contributed by atoms with E-state index in [4.69, 9.17) is 23.2 Å². The zero-order valence-electron chi connectivity index (χ0n) is 17.7. The number of piperidine rings is 1. The Hall–Kier alpha value is -1.56. The van der Waals surface area contributed by atoms with Crippen LogP contribution < -0.4 is 0 Å². The molecular weight excluding hydrogens is 421 g/mol. The van der Waals surface area contributed by atoms with Crippen LogP contribution in [0.3, 0.4) is 0 Å². The van der Waals surface area contributed by atoms with Gasteiger partial charge in [0.05, 0.1) is 16.0 Å². The molecule has 0 aliphatic carbocycles. The number of hydrogen-bond donors (Lipinski definition) is 0. The molecule has 0 bridgehead atoms. The molecular formula is C23H31Cl2N3O2. The first-order chi connectivity index (χ1) is 14.4. The molecule has 0 radical (unpaired) electrons. The van der Waals surface area contributed by atoms with Crippen molar-refractivity contribution in [3.8, 4) is 0 Å². The lowest BCUT2D eigenvalue weighted by molar-refractivity contribution is -0.134. The van der Waals surface area contributed by atoms with Crippen LogP contribution in [0.5, 0.6) is 0 Å². The monoisotopic (exact) mass is 451 g/mol. The van der Waals surface area contributed by atoms with Crippen molar-refractivity contribution in [2.45, 2.75) is 32.6 Å². The van der Waals surface area contributed by atoms with Crippen LogP contribution in [0.25, 0.3) is 6.08 Å². The van der Waals surface area contributed by atoms with Gasteiger partial charge in [0.25, 0.3) is 0 Å². The van der Waals surface area contributed by atoms with E-state index in [1.807, 2.05) is 17.9 Å². The average Bonchev–Trinajstić information content (AvgIpc) is 2.89. The van der Waals surface area contributed by atoms with Crippen molar-refractivity contribution < 1.29 is 9.59 Å². The van der Waals surface area contributed by atoms with E-state index in [-0.39, 0.29) is 17.7 Å². The summed E-state index contributed by atoms with van der Waals surface area (Å²) in [6.45, 7) is 7.68. The minimum Gasteiger partial charge on any atom is -0.341 e. The number of carbonyl (C=O) groups is 2. The minimum atomic E-state index is -0.190. The van der Waals surface area contributed by atoms with Crippen molar-refractivity contribution >= 4 is 41.1 Å². The van der Waals surface area contributed by atoms with Gasteiger partial charge < -0.3 is 14.7 Å². The average molecular weight is 452 g/mol. The van der Waals surface area contributed by atoms with Gasteiger partial charge in [0.2, 0.25) is 11.8 Å². The molecule has 2 fully saturated rings. The summed E-state index contributed by atoms with van der Waals surface area (Å²) in [6, 6.07) is 5.26. The van der Waals surface area contributed by atoms with Gasteiger partial charge in [-0.2, -0.15) is 0 Å². The maximum absolute atomic E-state index is 12.8. The molecule has 164 valence electrons. The number of likely N-dealkylation sites (tertiary alicyclic amines) is 1. The van der Waals surface area contributed by atoms with Crippen LogP contribution in [-0.4, -0.2) is 72.3 Å². The molecule has 3 rings (SSSR count). The molecule has 0 spiro atoms. The number of nitrogens with zero attached hydrogens (tertiary/aromatic N) is 3. The molecule has 5 nitrogen and oxygen atoms in total. The van der Waals surface area contributed by atoms with Crippen molar-refractivity contribution in [2.24, 2.45) is 5.92 Å². The third-order valence-electron chi connectivity index (χ3n) is 5.89. The van der Waals surface area contributed by atoms with Gasteiger partial charge in [-0.1, -0.05) is 42.6 Å². The number of benzene rings is 1. The number of rotatable bonds is 6. The van der Waals surface area contributed by atoms with E-state index in [1.165, 1.54) is 32.4 Å². The second-order valence-electron chi connectivity index (χ2n) is 8.27. The van der Waals surface area contributed by atoms with E-state index < -0.39 is 0 Å². The topological polar surface area (TPSA) is 43.9 Å². The van der Waals surface area contributed by atoms with Gasteiger partial charge in [-0.3, -0.25) is 9.59 Å². The summed E-state index contributed by atoms with van der Waals surface area (Å²) in [5.41, 5.74) is 0.816. The lowest BCUT2D eigenvalue weighted by Crippen LogP contribution is -2.38. The van der Waals surface area contributed by atoms with Gasteiger partial charge in [0, 0.05) is 32.3 Å². The summed E-state index contributed by atoms with van der Waals surface area (Å²) >= 11 is 12.0. The molecule has 0 saturated carbocycles. The van der Waals surface area contributed by atoms with Crippen molar-refractivity contribution in [1.29, 1.82) is 0 Å². The highest BCUT2D eigenvalue weighted by Crippen LogP contribution is 2.23. The SMILES string of the molecule is CC1CN(C(=O)C=Cc2ccc(Cl)c(Cl)c2)CCN(CCCN2CCCCC2)C1=O. The number of hydrogen-bond acceptors (Lipinski definition) is 3. The van der Waals surface area contributed by atoms with E-state index in [0.29, 0.717) is 29.7 Å². The lowest BCUT2D eigenvalue weighted by Gasteiger charge is -2.28. The summed E-state index contributed by atoms with van der Waals surface area (Å²) in [5, 5.41) is 0.945. The predicted molar refractivity (Wildman–Crippen MR) is 123 cm³/mol. The molecule has 0 N–H and O–H groups in total. The Balaban J connectivity index is 1.52. The quantitative estimate of drug-likeness (QED) is 0.608. The zero-order valence-corrected chi connectivity index (χ0v) is 19.2. The molecule has 1 aromatic carbocycles. The van der Waals surface area contributed by atoms with E-state index >= 15 is 0 Å². The highest BCUT2D eigenvalue weighted by atomic mass is 35.5. The van der Waals surface area contributed by atoms with Crippen LogP contribution in [0.1, 0.15) is 38.2 Å². The fraction of sp³-hybridized carbons (Fsp3) is 0.565. The van der Waals surface area contributed by atoms with Crippen LogP contribution in [0.15, 0.2) is 24.3 Å². The Morgan fingerprint density at radius 1 is 1.07 bits per heavy atom. The molecule has 2 saturated heterocycles. The largest absolute Gasteiger partial charge is 0.341 e. The minimum absolute atomic E-state index is 0.0871. The first-order valence-electron chi connectivity index (χ1n) is 10.9. The van der Waals surface area contributed by atoms with E-state index in [9.17, 15) is 9.59 Å². The van der Waals surface area contributed by atoms with Crippen LogP contribution in [0.2, 0.25) is 10.0 Å². The standard InChI is InChI=1S/C23H31Cl2N3O2/c1-18-17-28(22(29)9-7-19-6-8-20(24)21(25)16-19)15-14-27(23(18)30)13-5-12-26-10-3-2-4-11-26/h6-9,16,18H,2-5,10-15,17H2,1H3. The fourth-order valence-corrected chi connectivity index (χ4v) is 4.45. The summed E-state index contributed by atoms with van der Waals surface area (Å²) < 4.78 is 0.